The first-order valence-corrected chi connectivity index (χ1v) is 10.8. The van der Waals surface area contributed by atoms with Gasteiger partial charge in [0.15, 0.2) is 0 Å². The maximum atomic E-state index is 5.99. The van der Waals surface area contributed by atoms with E-state index in [4.69, 9.17) is 13.9 Å². The van der Waals surface area contributed by atoms with E-state index in [9.17, 15) is 0 Å². The number of fused-ring (bicyclic) bond motifs is 3. The molecule has 0 fully saturated rings. The van der Waals surface area contributed by atoms with E-state index in [1.165, 1.54) is 0 Å². The Balaban J connectivity index is 0.00000320. The highest BCUT2D eigenvalue weighted by molar-refractivity contribution is 6.05. The number of furan rings is 1. The number of halogens is 1. The molecule has 0 aliphatic carbocycles. The minimum absolute atomic E-state index is 0. The van der Waals surface area contributed by atoms with Gasteiger partial charge in [0.25, 0.3) is 0 Å². The van der Waals surface area contributed by atoms with Crippen LogP contribution >= 0.6 is 12.4 Å². The predicted octanol–water partition coefficient (Wildman–Crippen LogP) is 5.45. The summed E-state index contributed by atoms with van der Waals surface area (Å²) in [5, 5.41) is 2.13. The highest BCUT2D eigenvalue weighted by Crippen LogP contribution is 2.33. The van der Waals surface area contributed by atoms with Crippen molar-refractivity contribution in [2.24, 2.45) is 0 Å². The molecule has 0 spiro atoms. The highest BCUT2D eigenvalue weighted by atomic mass is 35.5. The maximum absolute atomic E-state index is 5.99. The van der Waals surface area contributed by atoms with E-state index in [1.54, 1.807) is 0 Å². The summed E-state index contributed by atoms with van der Waals surface area (Å²) in [6.45, 7) is 16.1. The Bertz CT molecular complexity index is 832. The third-order valence-corrected chi connectivity index (χ3v) is 5.55. The SMILES string of the molecule is CCN(CC)CCOc1ccc2oc3ccc(OCCN(CC)CC)cc3c2c1.Cl. The fourth-order valence-corrected chi connectivity index (χ4v) is 3.58. The number of hydrogen-bond donors (Lipinski definition) is 0. The lowest BCUT2D eigenvalue weighted by Gasteiger charge is -2.18. The van der Waals surface area contributed by atoms with Gasteiger partial charge in [0, 0.05) is 23.9 Å². The molecule has 166 valence electrons. The van der Waals surface area contributed by atoms with E-state index in [-0.39, 0.29) is 12.4 Å². The summed E-state index contributed by atoms with van der Waals surface area (Å²) in [4.78, 5) is 4.71. The van der Waals surface area contributed by atoms with Crippen LogP contribution in [0, 0.1) is 0 Å². The van der Waals surface area contributed by atoms with Gasteiger partial charge in [0.1, 0.15) is 35.9 Å². The Morgan fingerprint density at radius 3 is 1.43 bits per heavy atom. The monoisotopic (exact) mass is 434 g/mol. The third kappa shape index (κ3) is 6.03. The Labute approximate surface area is 186 Å². The average molecular weight is 435 g/mol. The number of likely N-dealkylation sites (N-methyl/N-ethyl adjacent to an activating group) is 2. The van der Waals surface area contributed by atoms with Crippen molar-refractivity contribution in [2.75, 3.05) is 52.5 Å². The van der Waals surface area contributed by atoms with Crippen molar-refractivity contribution in [3.63, 3.8) is 0 Å². The number of benzene rings is 2. The molecule has 30 heavy (non-hydrogen) atoms. The Hall–Kier alpha value is -1.95. The second-order valence-electron chi connectivity index (χ2n) is 7.17. The molecule has 0 saturated carbocycles. The smallest absolute Gasteiger partial charge is 0.135 e. The van der Waals surface area contributed by atoms with Crippen LogP contribution in [0.4, 0.5) is 0 Å². The highest BCUT2D eigenvalue weighted by Gasteiger charge is 2.10. The van der Waals surface area contributed by atoms with E-state index in [0.717, 1.165) is 72.7 Å². The second kappa shape index (κ2) is 12.0. The lowest BCUT2D eigenvalue weighted by Crippen LogP contribution is -2.27. The molecule has 0 aliphatic heterocycles. The van der Waals surface area contributed by atoms with Crippen molar-refractivity contribution in [3.8, 4) is 11.5 Å². The molecule has 0 N–H and O–H groups in total. The number of ether oxygens (including phenoxy) is 2. The van der Waals surface area contributed by atoms with Crippen molar-refractivity contribution < 1.29 is 13.9 Å². The normalized spacial score (nSPS) is 11.4. The molecule has 0 radical (unpaired) electrons. The van der Waals surface area contributed by atoms with E-state index in [1.807, 2.05) is 24.3 Å². The van der Waals surface area contributed by atoms with Crippen molar-refractivity contribution in [1.82, 2.24) is 9.80 Å². The fourth-order valence-electron chi connectivity index (χ4n) is 3.58. The first kappa shape index (κ1) is 24.3. The summed E-state index contributed by atoms with van der Waals surface area (Å²) in [6.07, 6.45) is 0. The standard InChI is InChI=1S/C24H34N2O3.ClH/c1-5-25(6-2)13-15-27-19-9-11-23-21(17-19)22-18-20(10-12-24(22)29-23)28-16-14-26(7-3)8-4;/h9-12,17-18H,5-8,13-16H2,1-4H3;1H. The van der Waals surface area contributed by atoms with Gasteiger partial charge in [-0.2, -0.15) is 0 Å². The first-order chi connectivity index (χ1) is 14.2. The van der Waals surface area contributed by atoms with Crippen LogP contribution in [0.25, 0.3) is 21.9 Å². The molecule has 0 unspecified atom stereocenters. The minimum atomic E-state index is 0. The number of hydrogen-bond acceptors (Lipinski definition) is 5. The Morgan fingerprint density at radius 1 is 0.667 bits per heavy atom. The number of nitrogens with zero attached hydrogens (tertiary/aromatic N) is 2. The van der Waals surface area contributed by atoms with Gasteiger partial charge in [-0.15, -0.1) is 12.4 Å². The predicted molar refractivity (Wildman–Crippen MR) is 128 cm³/mol. The molecule has 0 aliphatic rings. The summed E-state index contributed by atoms with van der Waals surface area (Å²) in [6, 6.07) is 12.1. The van der Waals surface area contributed by atoms with Gasteiger partial charge in [-0.25, -0.2) is 0 Å². The quantitative estimate of drug-likeness (QED) is 0.379. The van der Waals surface area contributed by atoms with Gasteiger partial charge in [0.05, 0.1) is 0 Å². The van der Waals surface area contributed by atoms with Crippen molar-refractivity contribution in [3.05, 3.63) is 36.4 Å². The topological polar surface area (TPSA) is 38.1 Å². The van der Waals surface area contributed by atoms with Crippen LogP contribution < -0.4 is 9.47 Å². The van der Waals surface area contributed by atoms with Crippen molar-refractivity contribution >= 4 is 34.3 Å². The lowest BCUT2D eigenvalue weighted by molar-refractivity contribution is 0.223. The summed E-state index contributed by atoms with van der Waals surface area (Å²) >= 11 is 0. The van der Waals surface area contributed by atoms with Crippen LogP contribution in [0.1, 0.15) is 27.7 Å². The molecule has 1 aromatic heterocycles. The van der Waals surface area contributed by atoms with Gasteiger partial charge >= 0.3 is 0 Å². The molecule has 3 rings (SSSR count). The van der Waals surface area contributed by atoms with E-state index in [0.29, 0.717) is 13.2 Å². The molecule has 2 aromatic carbocycles. The van der Waals surface area contributed by atoms with Gasteiger partial charge in [0.2, 0.25) is 0 Å². The zero-order valence-electron chi connectivity index (χ0n) is 18.6. The van der Waals surface area contributed by atoms with E-state index in [2.05, 4.69) is 49.6 Å². The molecule has 0 bridgehead atoms. The number of rotatable bonds is 12. The molecule has 6 heteroatoms. The first-order valence-electron chi connectivity index (χ1n) is 10.8. The molecular weight excluding hydrogens is 400 g/mol. The summed E-state index contributed by atoms with van der Waals surface area (Å²) in [5.41, 5.74) is 1.74. The maximum Gasteiger partial charge on any atom is 0.135 e. The zero-order valence-corrected chi connectivity index (χ0v) is 19.5. The third-order valence-electron chi connectivity index (χ3n) is 5.55. The van der Waals surface area contributed by atoms with Gasteiger partial charge in [-0.3, -0.25) is 0 Å². The summed E-state index contributed by atoms with van der Waals surface area (Å²) < 4.78 is 18.0. The lowest BCUT2D eigenvalue weighted by atomic mass is 10.1. The van der Waals surface area contributed by atoms with Gasteiger partial charge < -0.3 is 23.7 Å². The van der Waals surface area contributed by atoms with Crippen LogP contribution in [0.2, 0.25) is 0 Å². The van der Waals surface area contributed by atoms with Crippen LogP contribution in [-0.4, -0.2) is 62.3 Å². The molecular formula is C24H35ClN2O3. The average Bonchev–Trinajstić information content (AvgIpc) is 3.11. The Kier molecular flexibility index (Phi) is 9.76. The minimum Gasteiger partial charge on any atom is -0.492 e. The molecule has 5 nitrogen and oxygen atoms in total. The Morgan fingerprint density at radius 2 is 1.07 bits per heavy atom. The fraction of sp³-hybridized carbons (Fsp3) is 0.500. The van der Waals surface area contributed by atoms with Crippen LogP contribution in [0.3, 0.4) is 0 Å². The summed E-state index contributed by atoms with van der Waals surface area (Å²) in [5.74, 6) is 1.75. The molecule has 3 aromatic rings. The van der Waals surface area contributed by atoms with Crippen LogP contribution in [0.15, 0.2) is 40.8 Å². The molecule has 1 heterocycles. The second-order valence-corrected chi connectivity index (χ2v) is 7.17. The zero-order chi connectivity index (χ0) is 20.6. The molecule has 0 saturated heterocycles. The van der Waals surface area contributed by atoms with Gasteiger partial charge in [-0.1, -0.05) is 27.7 Å². The molecule has 0 atom stereocenters. The van der Waals surface area contributed by atoms with Crippen LogP contribution in [-0.2, 0) is 0 Å². The van der Waals surface area contributed by atoms with E-state index >= 15 is 0 Å². The summed E-state index contributed by atoms with van der Waals surface area (Å²) in [7, 11) is 0. The molecule has 0 amide bonds. The van der Waals surface area contributed by atoms with Crippen molar-refractivity contribution in [1.29, 1.82) is 0 Å². The van der Waals surface area contributed by atoms with Gasteiger partial charge in [-0.05, 0) is 62.6 Å². The van der Waals surface area contributed by atoms with Crippen molar-refractivity contribution in [2.45, 2.75) is 27.7 Å². The van der Waals surface area contributed by atoms with Crippen LogP contribution in [0.5, 0.6) is 11.5 Å². The largest absolute Gasteiger partial charge is 0.492 e. The van der Waals surface area contributed by atoms with E-state index < -0.39 is 0 Å².